The van der Waals surface area contributed by atoms with Crippen LogP contribution in [0.3, 0.4) is 0 Å². The van der Waals surface area contributed by atoms with Gasteiger partial charge in [0, 0.05) is 18.8 Å². The molecule has 0 aromatic heterocycles. The van der Waals surface area contributed by atoms with E-state index in [1.807, 2.05) is 23.1 Å². The quantitative estimate of drug-likeness (QED) is 0.853. The van der Waals surface area contributed by atoms with Crippen molar-refractivity contribution in [3.8, 4) is 0 Å². The second-order valence-electron chi connectivity index (χ2n) is 7.01. The van der Waals surface area contributed by atoms with Crippen LogP contribution in [0.4, 0.5) is 15.8 Å². The van der Waals surface area contributed by atoms with E-state index in [0.717, 1.165) is 38.0 Å². The zero-order chi connectivity index (χ0) is 19.5. The predicted molar refractivity (Wildman–Crippen MR) is 112 cm³/mol. The molecule has 2 heterocycles. The number of nitrogens with zero attached hydrogens (tertiary/aromatic N) is 4. The van der Waals surface area contributed by atoms with Crippen molar-refractivity contribution in [1.82, 2.24) is 4.90 Å². The van der Waals surface area contributed by atoms with E-state index in [9.17, 15) is 4.39 Å². The van der Waals surface area contributed by atoms with Gasteiger partial charge in [0.25, 0.3) is 0 Å². The normalized spacial score (nSPS) is 19.4. The predicted octanol–water partition coefficient (Wildman–Crippen LogP) is 3.37. The van der Waals surface area contributed by atoms with Crippen molar-refractivity contribution in [2.45, 2.75) is 32.5 Å². The summed E-state index contributed by atoms with van der Waals surface area (Å²) >= 11 is 0. The van der Waals surface area contributed by atoms with Crippen LogP contribution in [-0.4, -0.2) is 36.2 Å². The van der Waals surface area contributed by atoms with Crippen molar-refractivity contribution >= 4 is 23.3 Å². The molecule has 1 atom stereocenters. The fourth-order valence-corrected chi connectivity index (χ4v) is 3.58. The summed E-state index contributed by atoms with van der Waals surface area (Å²) in [6.07, 6.45) is 2.67. The van der Waals surface area contributed by atoms with E-state index in [4.69, 9.17) is 5.73 Å². The Morgan fingerprint density at radius 1 is 1.14 bits per heavy atom. The first kappa shape index (κ1) is 18.3. The first-order chi connectivity index (χ1) is 13.6. The van der Waals surface area contributed by atoms with Crippen molar-refractivity contribution in [3.63, 3.8) is 0 Å². The van der Waals surface area contributed by atoms with Gasteiger partial charge in [-0.15, -0.1) is 0 Å². The smallest absolute Gasteiger partial charge is 0.222 e. The van der Waals surface area contributed by atoms with Crippen LogP contribution in [0.1, 0.15) is 25.3 Å². The molecule has 2 aliphatic rings. The van der Waals surface area contributed by atoms with E-state index in [0.29, 0.717) is 11.6 Å². The van der Waals surface area contributed by atoms with Crippen LogP contribution < -0.4 is 16.0 Å². The number of anilines is 2. The lowest BCUT2D eigenvalue weighted by atomic mass is 10.1. The van der Waals surface area contributed by atoms with E-state index < -0.39 is 6.29 Å². The lowest BCUT2D eigenvalue weighted by Gasteiger charge is -2.38. The summed E-state index contributed by atoms with van der Waals surface area (Å²) in [4.78, 5) is 13.1. The maximum atomic E-state index is 14.0. The summed E-state index contributed by atoms with van der Waals surface area (Å²) in [6.45, 7) is 3.92. The summed E-state index contributed by atoms with van der Waals surface area (Å²) < 4.78 is 14.0. The zero-order valence-corrected chi connectivity index (χ0v) is 16.0. The molecule has 2 aromatic carbocycles. The first-order valence-electron chi connectivity index (χ1n) is 9.71. The Kier molecular flexibility index (Phi) is 5.14. The van der Waals surface area contributed by atoms with Crippen molar-refractivity contribution < 1.29 is 4.39 Å². The van der Waals surface area contributed by atoms with Crippen molar-refractivity contribution in [3.05, 3.63) is 59.9 Å². The third-order valence-corrected chi connectivity index (χ3v) is 5.06. The van der Waals surface area contributed by atoms with Crippen LogP contribution in [0.5, 0.6) is 0 Å². The largest absolute Gasteiger partial charge is 0.368 e. The molecule has 7 heteroatoms. The van der Waals surface area contributed by atoms with Gasteiger partial charge in [-0.1, -0.05) is 25.1 Å². The standard InChI is InChI=1S/C21H25FN6/c1-2-15-8-10-17(11-9-15)24-20-25-19(23)26-21(27-12-3-4-13-27)28(20)18-7-5-6-16(22)14-18/h5-11,14,20,24H,2-4,12-13H2,1H3,(H2,23,25). The molecule has 1 saturated heterocycles. The van der Waals surface area contributed by atoms with Gasteiger partial charge in [-0.05, 0) is 55.2 Å². The van der Waals surface area contributed by atoms with Gasteiger partial charge in [0.05, 0.1) is 5.69 Å². The number of benzene rings is 2. The molecule has 0 aliphatic carbocycles. The summed E-state index contributed by atoms with van der Waals surface area (Å²) in [5, 5.41) is 3.41. The van der Waals surface area contributed by atoms with E-state index >= 15 is 0 Å². The van der Waals surface area contributed by atoms with Crippen molar-refractivity contribution in [1.29, 1.82) is 0 Å². The minimum atomic E-state index is -0.512. The van der Waals surface area contributed by atoms with Gasteiger partial charge in [0.1, 0.15) is 5.82 Å². The molecule has 0 bridgehead atoms. The Bertz CT molecular complexity index is 886. The van der Waals surface area contributed by atoms with Crippen molar-refractivity contribution in [2.75, 3.05) is 23.3 Å². The number of aryl methyl sites for hydroxylation is 1. The molecule has 2 aromatic rings. The minimum absolute atomic E-state index is 0.220. The number of likely N-dealkylation sites (tertiary alicyclic amines) is 1. The van der Waals surface area contributed by atoms with Crippen LogP contribution in [-0.2, 0) is 6.42 Å². The number of rotatable bonds is 4. The number of guanidine groups is 2. The molecule has 146 valence electrons. The van der Waals surface area contributed by atoms with E-state index in [-0.39, 0.29) is 11.8 Å². The lowest BCUT2D eigenvalue weighted by molar-refractivity contribution is 0.497. The Balaban J connectivity index is 1.70. The van der Waals surface area contributed by atoms with Crippen LogP contribution in [0, 0.1) is 5.82 Å². The topological polar surface area (TPSA) is 69.2 Å². The molecule has 0 spiro atoms. The third kappa shape index (κ3) is 3.78. The molecule has 2 aliphatic heterocycles. The highest BCUT2D eigenvalue weighted by atomic mass is 19.1. The van der Waals surface area contributed by atoms with Gasteiger partial charge in [-0.3, -0.25) is 4.90 Å². The maximum absolute atomic E-state index is 14.0. The first-order valence-corrected chi connectivity index (χ1v) is 9.71. The number of nitrogens with two attached hydrogens (primary N) is 1. The van der Waals surface area contributed by atoms with Gasteiger partial charge < -0.3 is 16.0 Å². The molecule has 6 nitrogen and oxygen atoms in total. The number of halogens is 1. The molecule has 28 heavy (non-hydrogen) atoms. The lowest BCUT2D eigenvalue weighted by Crippen LogP contribution is -2.54. The monoisotopic (exact) mass is 380 g/mol. The molecule has 1 unspecified atom stereocenters. The van der Waals surface area contributed by atoms with Gasteiger partial charge >= 0.3 is 0 Å². The summed E-state index contributed by atoms with van der Waals surface area (Å²) in [6, 6.07) is 14.7. The Morgan fingerprint density at radius 2 is 1.89 bits per heavy atom. The van der Waals surface area contributed by atoms with E-state index in [2.05, 4.69) is 39.3 Å². The average Bonchev–Trinajstić information content (AvgIpc) is 3.23. The molecule has 3 N–H and O–H groups in total. The summed E-state index contributed by atoms with van der Waals surface area (Å²) in [5.41, 5.74) is 8.91. The number of aliphatic imine (C=N–C) groups is 2. The fourth-order valence-electron chi connectivity index (χ4n) is 3.58. The second kappa shape index (κ2) is 7.88. The molecule has 0 radical (unpaired) electrons. The minimum Gasteiger partial charge on any atom is -0.368 e. The molecular weight excluding hydrogens is 355 g/mol. The molecular formula is C21H25FN6. The van der Waals surface area contributed by atoms with Crippen molar-refractivity contribution in [2.24, 2.45) is 15.7 Å². The highest BCUT2D eigenvalue weighted by Gasteiger charge is 2.32. The summed E-state index contributed by atoms with van der Waals surface area (Å²) in [7, 11) is 0. The fraction of sp³-hybridized carbons (Fsp3) is 0.333. The second-order valence-corrected chi connectivity index (χ2v) is 7.01. The molecule has 1 fully saturated rings. The van der Waals surface area contributed by atoms with Gasteiger partial charge in [-0.25, -0.2) is 9.38 Å². The van der Waals surface area contributed by atoms with Crippen LogP contribution >= 0.6 is 0 Å². The van der Waals surface area contributed by atoms with Crippen LogP contribution in [0.2, 0.25) is 0 Å². The SMILES string of the molecule is CCc1ccc(NC2N=C(N)N=C(N3CCCC3)N2c2cccc(F)c2)cc1. The van der Waals surface area contributed by atoms with Crippen LogP contribution in [0.15, 0.2) is 58.5 Å². The number of hydrogen-bond acceptors (Lipinski definition) is 6. The number of nitrogens with one attached hydrogen (secondary N) is 1. The van der Waals surface area contributed by atoms with E-state index in [1.54, 1.807) is 6.07 Å². The molecule has 0 amide bonds. The zero-order valence-electron chi connectivity index (χ0n) is 16.0. The summed E-state index contributed by atoms with van der Waals surface area (Å²) in [5.74, 6) is 0.627. The molecule has 0 saturated carbocycles. The Hall–Kier alpha value is -3.09. The highest BCUT2D eigenvalue weighted by Crippen LogP contribution is 2.26. The average molecular weight is 380 g/mol. The molecule has 4 rings (SSSR count). The Morgan fingerprint density at radius 3 is 2.57 bits per heavy atom. The van der Waals surface area contributed by atoms with Crippen LogP contribution in [0.25, 0.3) is 0 Å². The highest BCUT2D eigenvalue weighted by molar-refractivity contribution is 6.06. The van der Waals surface area contributed by atoms with E-state index in [1.165, 1.54) is 17.7 Å². The van der Waals surface area contributed by atoms with Gasteiger partial charge in [0.15, 0.2) is 0 Å². The van der Waals surface area contributed by atoms with Gasteiger partial charge in [-0.2, -0.15) is 4.99 Å². The number of hydrogen-bond donors (Lipinski definition) is 2. The maximum Gasteiger partial charge on any atom is 0.222 e. The Labute approximate surface area is 164 Å². The van der Waals surface area contributed by atoms with Gasteiger partial charge in [0.2, 0.25) is 18.2 Å². The third-order valence-electron chi connectivity index (χ3n) is 5.06.